The highest BCUT2D eigenvalue weighted by Crippen LogP contribution is 2.43. The van der Waals surface area contributed by atoms with E-state index in [1.54, 1.807) is 6.07 Å². The second-order valence-electron chi connectivity index (χ2n) is 8.56. The molecule has 0 saturated heterocycles. The van der Waals surface area contributed by atoms with Gasteiger partial charge in [-0.15, -0.1) is 10.2 Å². The molecule has 13 nitrogen and oxygen atoms in total. The first-order valence-corrected chi connectivity index (χ1v) is 15.2. The Morgan fingerprint density at radius 2 is 1.07 bits per heavy atom. The predicted octanol–water partition coefficient (Wildman–Crippen LogP) is 5.70. The Kier molecular flexibility index (Phi) is 7.91. The van der Waals surface area contributed by atoms with Gasteiger partial charge in [-0.05, 0) is 54.6 Å². The normalized spacial score (nSPS) is 14.6. The number of carbonyl (C=O) groups is 2. The predicted molar refractivity (Wildman–Crippen MR) is 149 cm³/mol. The van der Waals surface area contributed by atoms with Gasteiger partial charge in [0.25, 0.3) is 10.1 Å². The van der Waals surface area contributed by atoms with Crippen molar-refractivity contribution in [1.29, 1.82) is 0 Å². The zero-order chi connectivity index (χ0) is 30.2. The average Bonchev–Trinajstić information content (AvgIpc) is 2.97. The maximum atomic E-state index is 13.7. The van der Waals surface area contributed by atoms with E-state index in [9.17, 15) is 40.1 Å². The summed E-state index contributed by atoms with van der Waals surface area (Å²) in [6.07, 6.45) is 0. The molecule has 0 aromatic heterocycles. The van der Waals surface area contributed by atoms with E-state index in [0.29, 0.717) is 0 Å². The Balaban J connectivity index is 1.73. The minimum atomic E-state index is -5.08. The number of nitrogens with zero attached hydrogens (tertiary/aromatic N) is 4. The SMILES string of the molecule is O=C1c2ccccc2C(=O)c2c(N=Nc3ccc(S(=O)O)cc3)c(S(=O)(=O)O)cc(N=Nc3ccc(S(=O)O)cc3)c21. The lowest BCUT2D eigenvalue weighted by molar-refractivity contribution is 0.0979. The monoisotopic (exact) mass is 624 g/mol. The van der Waals surface area contributed by atoms with Crippen LogP contribution in [0.4, 0.5) is 22.7 Å². The van der Waals surface area contributed by atoms with Crippen molar-refractivity contribution in [2.75, 3.05) is 0 Å². The number of hydrogen-bond donors (Lipinski definition) is 3. The Hall–Kier alpha value is -4.45. The largest absolute Gasteiger partial charge is 0.302 e. The highest BCUT2D eigenvalue weighted by atomic mass is 32.2. The zero-order valence-electron chi connectivity index (χ0n) is 20.8. The number of benzene rings is 4. The van der Waals surface area contributed by atoms with Crippen LogP contribution in [0.15, 0.2) is 114 Å². The van der Waals surface area contributed by atoms with Gasteiger partial charge in [0.15, 0.2) is 33.7 Å². The van der Waals surface area contributed by atoms with E-state index in [1.165, 1.54) is 66.7 Å². The van der Waals surface area contributed by atoms with Gasteiger partial charge in [-0.3, -0.25) is 14.1 Å². The van der Waals surface area contributed by atoms with Crippen LogP contribution in [0.2, 0.25) is 0 Å². The summed E-state index contributed by atoms with van der Waals surface area (Å²) in [7, 11) is -5.08. The summed E-state index contributed by atoms with van der Waals surface area (Å²) >= 11 is -4.49. The van der Waals surface area contributed by atoms with E-state index in [4.69, 9.17) is 0 Å². The summed E-state index contributed by atoms with van der Waals surface area (Å²) in [6, 6.07) is 17.2. The lowest BCUT2D eigenvalue weighted by Crippen LogP contribution is -2.22. The van der Waals surface area contributed by atoms with Crippen LogP contribution in [0.1, 0.15) is 31.8 Å². The van der Waals surface area contributed by atoms with E-state index in [-0.39, 0.29) is 43.5 Å². The minimum absolute atomic E-state index is 0.0244. The molecule has 4 aromatic rings. The third-order valence-electron chi connectivity index (χ3n) is 6.01. The summed E-state index contributed by atoms with van der Waals surface area (Å²) in [6.45, 7) is 0. The Morgan fingerprint density at radius 3 is 1.52 bits per heavy atom. The molecule has 2 unspecified atom stereocenters. The molecule has 0 bridgehead atoms. The molecule has 212 valence electrons. The molecule has 1 aliphatic rings. The molecule has 0 radical (unpaired) electrons. The van der Waals surface area contributed by atoms with Gasteiger partial charge in [0.05, 0.1) is 38.0 Å². The van der Waals surface area contributed by atoms with Crippen molar-refractivity contribution < 1.29 is 40.1 Å². The van der Waals surface area contributed by atoms with Gasteiger partial charge in [-0.25, -0.2) is 8.42 Å². The van der Waals surface area contributed by atoms with Crippen LogP contribution in [0.25, 0.3) is 0 Å². The lowest BCUT2D eigenvalue weighted by Gasteiger charge is -2.21. The van der Waals surface area contributed by atoms with Gasteiger partial charge < -0.3 is 9.11 Å². The van der Waals surface area contributed by atoms with Crippen LogP contribution in [-0.4, -0.2) is 42.1 Å². The Bertz CT molecular complexity index is 1990. The molecule has 0 heterocycles. The number of rotatable bonds is 7. The molecular formula is C26H16N4O9S3. The maximum Gasteiger partial charge on any atom is 0.296 e. The second-order valence-corrected chi connectivity index (χ2v) is 11.9. The molecule has 0 amide bonds. The highest BCUT2D eigenvalue weighted by molar-refractivity contribution is 7.86. The fourth-order valence-electron chi connectivity index (χ4n) is 4.09. The van der Waals surface area contributed by atoms with E-state index >= 15 is 0 Å². The van der Waals surface area contributed by atoms with Crippen molar-refractivity contribution in [2.24, 2.45) is 20.5 Å². The molecule has 0 aliphatic heterocycles. The summed E-state index contributed by atoms with van der Waals surface area (Å²) in [4.78, 5) is 26.6. The van der Waals surface area contributed by atoms with Crippen molar-refractivity contribution in [3.05, 3.63) is 101 Å². The Labute approximate surface area is 242 Å². The first-order chi connectivity index (χ1) is 20.0. The van der Waals surface area contributed by atoms with E-state index in [0.717, 1.165) is 6.07 Å². The fourth-order valence-corrected chi connectivity index (χ4v) is 5.47. The van der Waals surface area contributed by atoms with E-state index < -0.39 is 60.0 Å². The van der Waals surface area contributed by atoms with Crippen LogP contribution in [0.3, 0.4) is 0 Å². The smallest absolute Gasteiger partial charge is 0.296 e. The number of hydrogen-bond acceptors (Lipinski definition) is 10. The van der Waals surface area contributed by atoms with E-state index in [2.05, 4.69) is 20.5 Å². The first kappa shape index (κ1) is 29.1. The summed E-state index contributed by atoms with van der Waals surface area (Å²) < 4.78 is 76.0. The summed E-state index contributed by atoms with van der Waals surface area (Å²) in [5, 5.41) is 15.8. The third-order valence-corrected chi connectivity index (χ3v) is 8.23. The third kappa shape index (κ3) is 5.67. The Morgan fingerprint density at radius 1 is 0.619 bits per heavy atom. The lowest BCUT2D eigenvalue weighted by atomic mass is 9.82. The zero-order valence-corrected chi connectivity index (χ0v) is 23.3. The molecule has 3 N–H and O–H groups in total. The van der Waals surface area contributed by atoms with Crippen LogP contribution in [0.5, 0.6) is 0 Å². The van der Waals surface area contributed by atoms with Gasteiger partial charge in [-0.1, -0.05) is 24.3 Å². The molecule has 0 saturated carbocycles. The van der Waals surface area contributed by atoms with Crippen LogP contribution in [-0.2, 0) is 32.3 Å². The number of fused-ring (bicyclic) bond motifs is 2. The van der Waals surface area contributed by atoms with Gasteiger partial charge >= 0.3 is 0 Å². The molecule has 4 aromatic carbocycles. The van der Waals surface area contributed by atoms with Crippen molar-refractivity contribution >= 4 is 66.6 Å². The fraction of sp³-hybridized carbons (Fsp3) is 0. The minimum Gasteiger partial charge on any atom is -0.302 e. The second kappa shape index (κ2) is 11.4. The van der Waals surface area contributed by atoms with Crippen molar-refractivity contribution in [2.45, 2.75) is 14.7 Å². The molecule has 0 spiro atoms. The summed E-state index contributed by atoms with van der Waals surface area (Å²) in [5.74, 6) is -1.47. The van der Waals surface area contributed by atoms with E-state index in [1.807, 2.05) is 0 Å². The molecular weight excluding hydrogens is 609 g/mol. The van der Waals surface area contributed by atoms with Crippen molar-refractivity contribution in [1.82, 2.24) is 0 Å². The van der Waals surface area contributed by atoms with Gasteiger partial charge in [0, 0.05) is 11.1 Å². The van der Waals surface area contributed by atoms with Crippen LogP contribution >= 0.6 is 0 Å². The van der Waals surface area contributed by atoms with Crippen molar-refractivity contribution in [3.8, 4) is 0 Å². The number of ketones is 2. The summed E-state index contributed by atoms with van der Waals surface area (Å²) in [5.41, 5.74) is -1.55. The molecule has 1 aliphatic carbocycles. The maximum absolute atomic E-state index is 13.7. The molecule has 0 fully saturated rings. The first-order valence-electron chi connectivity index (χ1n) is 11.6. The average molecular weight is 625 g/mol. The standard InChI is InChI=1S/C26H16N4O9S3/c31-25-18-3-1-2-4-19(18)26(32)23-22(25)20(29-27-14-5-9-16(10-6-14)40(33)34)13-21(42(37,38)39)24(23)30-28-15-7-11-17(12-8-15)41(35)36/h1-13H,(H,33,34)(H,35,36)(H,37,38,39). The van der Waals surface area contributed by atoms with Gasteiger partial charge in [-0.2, -0.15) is 18.6 Å². The van der Waals surface area contributed by atoms with Crippen molar-refractivity contribution in [3.63, 3.8) is 0 Å². The number of azo groups is 2. The molecule has 5 rings (SSSR count). The van der Waals surface area contributed by atoms with Gasteiger partial charge in [0.2, 0.25) is 0 Å². The highest BCUT2D eigenvalue weighted by Gasteiger charge is 2.37. The van der Waals surface area contributed by atoms with Crippen LogP contribution in [0, 0.1) is 0 Å². The molecule has 16 heteroatoms. The quantitative estimate of drug-likeness (QED) is 0.115. The topological polar surface area (TPSA) is 213 Å². The van der Waals surface area contributed by atoms with Gasteiger partial charge in [0.1, 0.15) is 10.6 Å². The van der Waals surface area contributed by atoms with Crippen LogP contribution < -0.4 is 0 Å². The molecule has 42 heavy (non-hydrogen) atoms. The molecule has 2 atom stereocenters. The number of carbonyl (C=O) groups excluding carboxylic acids is 2.